The lowest BCUT2D eigenvalue weighted by Crippen LogP contribution is -2.36. The van der Waals surface area contributed by atoms with Crippen LogP contribution in [-0.4, -0.2) is 54.3 Å². The first kappa shape index (κ1) is 19.2. The molecule has 0 bridgehead atoms. The molecule has 0 aliphatic carbocycles. The number of hydrogen-bond acceptors (Lipinski definition) is 7. The average molecular weight is 391 g/mol. The minimum Gasteiger partial charge on any atom is -0.393 e. The van der Waals surface area contributed by atoms with E-state index in [2.05, 4.69) is 30.8 Å². The zero-order valence-electron chi connectivity index (χ0n) is 15.3. The van der Waals surface area contributed by atoms with E-state index < -0.39 is 0 Å². The molecule has 1 saturated heterocycles. The molecule has 2 aromatic rings. The van der Waals surface area contributed by atoms with Crippen LogP contribution in [0.15, 0.2) is 24.4 Å². The van der Waals surface area contributed by atoms with E-state index in [1.165, 1.54) is 6.20 Å². The molecule has 9 heteroatoms. The first-order chi connectivity index (χ1) is 13.0. The molecule has 2 heterocycles. The van der Waals surface area contributed by atoms with Gasteiger partial charge in [-0.25, -0.2) is 4.98 Å². The number of nitrogens with zero attached hydrogens (tertiary/aromatic N) is 3. The highest BCUT2D eigenvalue weighted by atomic mass is 35.5. The summed E-state index contributed by atoms with van der Waals surface area (Å²) >= 11 is 6.19. The number of aliphatic hydroxyl groups is 1. The Morgan fingerprint density at radius 1 is 1.30 bits per heavy atom. The summed E-state index contributed by atoms with van der Waals surface area (Å²) in [6.07, 6.45) is 2.69. The average Bonchev–Trinajstić information content (AvgIpc) is 2.70. The van der Waals surface area contributed by atoms with Crippen LogP contribution in [0.25, 0.3) is 0 Å². The van der Waals surface area contributed by atoms with Crippen LogP contribution < -0.4 is 20.9 Å². The molecule has 1 aliphatic heterocycles. The monoisotopic (exact) mass is 390 g/mol. The number of amides is 1. The second kappa shape index (κ2) is 8.41. The van der Waals surface area contributed by atoms with Crippen molar-refractivity contribution in [3.63, 3.8) is 0 Å². The normalized spacial score (nSPS) is 14.7. The van der Waals surface area contributed by atoms with Crippen molar-refractivity contribution < 1.29 is 9.90 Å². The second-order valence-electron chi connectivity index (χ2n) is 6.29. The minimum atomic E-state index is -0.248. The predicted molar refractivity (Wildman–Crippen MR) is 107 cm³/mol. The lowest BCUT2D eigenvalue weighted by Gasteiger charge is -2.32. The van der Waals surface area contributed by atoms with E-state index >= 15 is 0 Å². The van der Waals surface area contributed by atoms with E-state index in [1.807, 2.05) is 18.2 Å². The van der Waals surface area contributed by atoms with Crippen LogP contribution in [-0.2, 0) is 0 Å². The maximum atomic E-state index is 12.4. The van der Waals surface area contributed by atoms with E-state index in [-0.39, 0.29) is 12.0 Å². The van der Waals surface area contributed by atoms with Gasteiger partial charge in [0.2, 0.25) is 5.95 Å². The highest BCUT2D eigenvalue weighted by molar-refractivity contribution is 6.33. The number of carbonyl (C=O) groups excluding carboxylic acids is 1. The molecule has 8 nitrogen and oxygen atoms in total. The molecular weight excluding hydrogens is 368 g/mol. The molecule has 0 spiro atoms. The number of piperidine rings is 1. The Morgan fingerprint density at radius 3 is 2.70 bits per heavy atom. The smallest absolute Gasteiger partial charge is 0.253 e. The number of benzene rings is 1. The number of carbonyl (C=O) groups is 1. The Labute approximate surface area is 163 Å². The number of hydrogen-bond donors (Lipinski definition) is 4. The summed E-state index contributed by atoms with van der Waals surface area (Å²) in [5, 5.41) is 18.7. The maximum absolute atomic E-state index is 12.4. The Kier molecular flexibility index (Phi) is 5.98. The molecule has 1 aromatic heterocycles. The van der Waals surface area contributed by atoms with Crippen molar-refractivity contribution in [1.29, 1.82) is 0 Å². The highest BCUT2D eigenvalue weighted by Crippen LogP contribution is 2.30. The molecule has 0 saturated carbocycles. The number of anilines is 4. The molecule has 0 atom stereocenters. The van der Waals surface area contributed by atoms with Crippen molar-refractivity contribution in [3.8, 4) is 0 Å². The van der Waals surface area contributed by atoms with Crippen LogP contribution in [0, 0.1) is 0 Å². The lowest BCUT2D eigenvalue weighted by atomic mass is 10.1. The number of nitrogens with one attached hydrogen (secondary N) is 3. The van der Waals surface area contributed by atoms with Gasteiger partial charge in [0, 0.05) is 32.9 Å². The van der Waals surface area contributed by atoms with Gasteiger partial charge in [0.15, 0.2) is 5.82 Å². The molecular formula is C18H23ClN6O2. The standard InChI is InChI=1S/C18H23ClN6O2/c1-20-17(27)13-9-11(25-7-5-12(26)6-8-25)3-4-15(13)23-16-14(19)10-22-18(21-2)24-16/h3-4,9-10,12,26H,5-8H2,1-2H3,(H,20,27)(H2,21,22,23,24). The van der Waals surface area contributed by atoms with E-state index in [9.17, 15) is 9.90 Å². The van der Waals surface area contributed by atoms with Gasteiger partial charge in [-0.3, -0.25) is 4.79 Å². The molecule has 0 radical (unpaired) electrons. The summed E-state index contributed by atoms with van der Waals surface area (Å²) in [6, 6.07) is 5.62. The van der Waals surface area contributed by atoms with E-state index in [4.69, 9.17) is 11.6 Å². The molecule has 1 fully saturated rings. The van der Waals surface area contributed by atoms with Crippen molar-refractivity contribution in [2.75, 3.05) is 42.7 Å². The van der Waals surface area contributed by atoms with Gasteiger partial charge in [-0.1, -0.05) is 11.6 Å². The summed E-state index contributed by atoms with van der Waals surface area (Å²) in [4.78, 5) is 22.9. The van der Waals surface area contributed by atoms with Gasteiger partial charge in [-0.05, 0) is 31.0 Å². The van der Waals surface area contributed by atoms with Crippen LogP contribution in [0.2, 0.25) is 5.02 Å². The number of aromatic nitrogens is 2. The first-order valence-corrected chi connectivity index (χ1v) is 9.16. The summed E-state index contributed by atoms with van der Waals surface area (Å²) < 4.78 is 0. The Hall–Kier alpha value is -2.58. The summed E-state index contributed by atoms with van der Waals surface area (Å²) in [5.74, 6) is 0.623. The fourth-order valence-corrected chi connectivity index (χ4v) is 3.13. The van der Waals surface area contributed by atoms with Crippen molar-refractivity contribution in [1.82, 2.24) is 15.3 Å². The minimum absolute atomic E-state index is 0.213. The molecule has 3 rings (SSSR count). The van der Waals surface area contributed by atoms with Gasteiger partial charge in [-0.15, -0.1) is 0 Å². The molecule has 1 amide bonds. The molecule has 0 unspecified atom stereocenters. The summed E-state index contributed by atoms with van der Waals surface area (Å²) in [6.45, 7) is 1.51. The molecule has 1 aromatic carbocycles. The second-order valence-corrected chi connectivity index (χ2v) is 6.70. The fourth-order valence-electron chi connectivity index (χ4n) is 2.99. The van der Waals surface area contributed by atoms with Crippen LogP contribution in [0.4, 0.5) is 23.1 Å². The zero-order valence-corrected chi connectivity index (χ0v) is 16.0. The number of aliphatic hydroxyl groups excluding tert-OH is 1. The lowest BCUT2D eigenvalue weighted by molar-refractivity contribution is 0.0964. The summed E-state index contributed by atoms with van der Waals surface area (Å²) in [7, 11) is 3.31. The predicted octanol–water partition coefficient (Wildman–Crippen LogP) is 2.24. The van der Waals surface area contributed by atoms with Crippen LogP contribution in [0.3, 0.4) is 0 Å². The van der Waals surface area contributed by atoms with E-state index in [0.717, 1.165) is 31.6 Å². The zero-order chi connectivity index (χ0) is 19.4. The maximum Gasteiger partial charge on any atom is 0.253 e. The van der Waals surface area contributed by atoms with E-state index in [0.29, 0.717) is 28.0 Å². The number of rotatable bonds is 5. The third kappa shape index (κ3) is 4.40. The Morgan fingerprint density at radius 2 is 2.04 bits per heavy atom. The van der Waals surface area contributed by atoms with Crippen molar-refractivity contribution in [2.45, 2.75) is 18.9 Å². The van der Waals surface area contributed by atoms with Crippen molar-refractivity contribution in [2.24, 2.45) is 0 Å². The van der Waals surface area contributed by atoms with Gasteiger partial charge in [-0.2, -0.15) is 4.98 Å². The topological polar surface area (TPSA) is 102 Å². The third-order valence-electron chi connectivity index (χ3n) is 4.53. The van der Waals surface area contributed by atoms with Crippen molar-refractivity contribution >= 4 is 40.6 Å². The fraction of sp³-hybridized carbons (Fsp3) is 0.389. The largest absolute Gasteiger partial charge is 0.393 e. The van der Waals surface area contributed by atoms with Crippen LogP contribution >= 0.6 is 11.6 Å². The molecule has 27 heavy (non-hydrogen) atoms. The molecule has 4 N–H and O–H groups in total. The van der Waals surface area contributed by atoms with E-state index in [1.54, 1.807) is 14.1 Å². The quantitative estimate of drug-likeness (QED) is 0.620. The first-order valence-electron chi connectivity index (χ1n) is 8.78. The molecule has 1 aliphatic rings. The van der Waals surface area contributed by atoms with Gasteiger partial charge in [0.05, 0.1) is 23.6 Å². The Bertz CT molecular complexity index is 823. The highest BCUT2D eigenvalue weighted by Gasteiger charge is 2.20. The number of halogens is 1. The molecule has 144 valence electrons. The van der Waals surface area contributed by atoms with Gasteiger partial charge < -0.3 is 26.0 Å². The van der Waals surface area contributed by atoms with Gasteiger partial charge >= 0.3 is 0 Å². The SMILES string of the molecule is CNC(=O)c1cc(N2CCC(O)CC2)ccc1Nc1nc(NC)ncc1Cl. The van der Waals surface area contributed by atoms with Crippen LogP contribution in [0.5, 0.6) is 0 Å². The van der Waals surface area contributed by atoms with Gasteiger partial charge in [0.1, 0.15) is 5.02 Å². The third-order valence-corrected chi connectivity index (χ3v) is 4.80. The van der Waals surface area contributed by atoms with Crippen molar-refractivity contribution in [3.05, 3.63) is 35.0 Å². The van der Waals surface area contributed by atoms with Gasteiger partial charge in [0.25, 0.3) is 5.91 Å². The Balaban J connectivity index is 1.92. The summed E-state index contributed by atoms with van der Waals surface area (Å²) in [5.41, 5.74) is 2.02. The van der Waals surface area contributed by atoms with Crippen LogP contribution in [0.1, 0.15) is 23.2 Å².